The van der Waals surface area contributed by atoms with Crippen molar-refractivity contribution in [2.45, 2.75) is 13.5 Å². The molecule has 9 heteroatoms. The standard InChI is InChI=1S/C11H14N8O/c1-7-15-9(4-10-16-17-11(20)19(7)10)13-2-3-18-6-8(12)5-14-18/h4-6,13H,2-3,12H2,1H3,(H,17,20). The van der Waals surface area contributed by atoms with Gasteiger partial charge in [-0.3, -0.25) is 4.68 Å². The lowest BCUT2D eigenvalue weighted by Gasteiger charge is -2.07. The van der Waals surface area contributed by atoms with Gasteiger partial charge in [0.15, 0.2) is 5.65 Å². The molecule has 104 valence electrons. The van der Waals surface area contributed by atoms with Gasteiger partial charge in [-0.25, -0.2) is 19.3 Å². The van der Waals surface area contributed by atoms with Gasteiger partial charge < -0.3 is 11.1 Å². The zero-order valence-electron chi connectivity index (χ0n) is 10.9. The fourth-order valence-corrected chi connectivity index (χ4v) is 1.99. The van der Waals surface area contributed by atoms with E-state index in [0.717, 1.165) is 0 Å². The molecule has 0 amide bonds. The Bertz CT molecular complexity index is 798. The minimum absolute atomic E-state index is 0.288. The second-order valence-electron chi connectivity index (χ2n) is 4.37. The molecule has 0 aliphatic rings. The number of fused-ring (bicyclic) bond motifs is 1. The highest BCUT2D eigenvalue weighted by atomic mass is 16.1. The van der Waals surface area contributed by atoms with Gasteiger partial charge in [0.2, 0.25) is 0 Å². The fraction of sp³-hybridized carbons (Fsp3) is 0.273. The van der Waals surface area contributed by atoms with Gasteiger partial charge in [-0.1, -0.05) is 0 Å². The summed E-state index contributed by atoms with van der Waals surface area (Å²) >= 11 is 0. The maximum atomic E-state index is 11.5. The highest BCUT2D eigenvalue weighted by Gasteiger charge is 2.06. The Morgan fingerprint density at radius 1 is 1.50 bits per heavy atom. The van der Waals surface area contributed by atoms with Crippen LogP contribution in [0, 0.1) is 6.92 Å². The number of anilines is 2. The lowest BCUT2D eigenvalue weighted by molar-refractivity contribution is 0.637. The molecule has 3 aromatic rings. The van der Waals surface area contributed by atoms with Crippen LogP contribution in [0.5, 0.6) is 0 Å². The van der Waals surface area contributed by atoms with Crippen molar-refractivity contribution in [3.8, 4) is 0 Å². The van der Waals surface area contributed by atoms with Gasteiger partial charge in [-0.05, 0) is 6.92 Å². The Balaban J connectivity index is 1.73. The molecule has 0 radical (unpaired) electrons. The second kappa shape index (κ2) is 4.68. The monoisotopic (exact) mass is 274 g/mol. The summed E-state index contributed by atoms with van der Waals surface area (Å²) in [5, 5.41) is 13.6. The van der Waals surface area contributed by atoms with Crippen LogP contribution < -0.4 is 16.7 Å². The minimum atomic E-state index is -0.288. The Morgan fingerprint density at radius 2 is 2.35 bits per heavy atom. The molecule has 3 heterocycles. The van der Waals surface area contributed by atoms with Crippen LogP contribution >= 0.6 is 0 Å². The molecule has 4 N–H and O–H groups in total. The van der Waals surface area contributed by atoms with Crippen molar-refractivity contribution in [2.24, 2.45) is 0 Å². The van der Waals surface area contributed by atoms with Gasteiger partial charge in [-0.15, -0.1) is 0 Å². The van der Waals surface area contributed by atoms with E-state index in [-0.39, 0.29) is 5.69 Å². The number of aromatic amines is 1. The number of aromatic nitrogens is 6. The summed E-state index contributed by atoms with van der Waals surface area (Å²) in [6.45, 7) is 3.05. The molecule has 9 nitrogen and oxygen atoms in total. The summed E-state index contributed by atoms with van der Waals surface area (Å²) in [5.41, 5.74) is 6.47. The van der Waals surface area contributed by atoms with Crippen molar-refractivity contribution in [1.29, 1.82) is 0 Å². The molecule has 0 atom stereocenters. The largest absolute Gasteiger partial charge is 0.396 e. The summed E-state index contributed by atoms with van der Waals surface area (Å²) in [6.07, 6.45) is 3.36. The number of hydrogen-bond acceptors (Lipinski definition) is 6. The zero-order chi connectivity index (χ0) is 14.1. The quantitative estimate of drug-likeness (QED) is 0.596. The van der Waals surface area contributed by atoms with Crippen molar-refractivity contribution < 1.29 is 0 Å². The van der Waals surface area contributed by atoms with E-state index in [1.165, 1.54) is 4.40 Å². The third kappa shape index (κ3) is 2.20. The van der Waals surface area contributed by atoms with Crippen molar-refractivity contribution in [1.82, 2.24) is 29.4 Å². The minimum Gasteiger partial charge on any atom is -0.396 e. The molecule has 0 aromatic carbocycles. The number of hydrogen-bond donors (Lipinski definition) is 3. The second-order valence-corrected chi connectivity index (χ2v) is 4.37. The molecule has 0 fully saturated rings. The lowest BCUT2D eigenvalue weighted by atomic mass is 10.5. The van der Waals surface area contributed by atoms with Gasteiger partial charge in [0.05, 0.1) is 18.4 Å². The van der Waals surface area contributed by atoms with E-state index < -0.39 is 0 Å². The molecule has 0 saturated carbocycles. The molecular formula is C11H14N8O. The third-order valence-electron chi connectivity index (χ3n) is 2.87. The first kappa shape index (κ1) is 12.2. The van der Waals surface area contributed by atoms with Crippen LogP contribution in [-0.2, 0) is 6.54 Å². The Morgan fingerprint density at radius 3 is 3.10 bits per heavy atom. The summed E-state index contributed by atoms with van der Waals surface area (Å²) in [5.74, 6) is 1.24. The van der Waals surface area contributed by atoms with Crippen LogP contribution in [0.4, 0.5) is 11.5 Å². The molecule has 0 spiro atoms. The van der Waals surface area contributed by atoms with Crippen LogP contribution in [0.25, 0.3) is 5.65 Å². The van der Waals surface area contributed by atoms with Crippen molar-refractivity contribution in [2.75, 3.05) is 17.6 Å². The average Bonchev–Trinajstić information content (AvgIpc) is 2.97. The smallest absolute Gasteiger partial charge is 0.349 e. The summed E-state index contributed by atoms with van der Waals surface area (Å²) < 4.78 is 3.16. The Labute approximate surface area is 113 Å². The molecular weight excluding hydrogens is 260 g/mol. The molecule has 3 rings (SSSR count). The number of nitrogens with one attached hydrogen (secondary N) is 2. The summed E-state index contributed by atoms with van der Waals surface area (Å²) in [4.78, 5) is 15.8. The lowest BCUT2D eigenvalue weighted by Crippen LogP contribution is -2.15. The Kier molecular flexibility index (Phi) is 2.86. The molecule has 0 bridgehead atoms. The predicted octanol–water partition coefficient (Wildman–Crippen LogP) is -0.383. The van der Waals surface area contributed by atoms with Crippen LogP contribution in [0.1, 0.15) is 5.82 Å². The van der Waals surface area contributed by atoms with Gasteiger partial charge in [0.25, 0.3) is 0 Å². The number of nitrogens with two attached hydrogens (primary N) is 1. The van der Waals surface area contributed by atoms with Crippen molar-refractivity contribution in [3.63, 3.8) is 0 Å². The third-order valence-corrected chi connectivity index (χ3v) is 2.87. The molecule has 0 unspecified atom stereocenters. The van der Waals surface area contributed by atoms with E-state index in [2.05, 4.69) is 25.6 Å². The van der Waals surface area contributed by atoms with Crippen molar-refractivity contribution >= 4 is 17.2 Å². The number of rotatable bonds is 4. The number of nitrogen functional groups attached to an aromatic ring is 1. The van der Waals surface area contributed by atoms with E-state index in [1.54, 1.807) is 30.1 Å². The fourth-order valence-electron chi connectivity index (χ4n) is 1.99. The SMILES string of the molecule is Cc1nc(NCCn2cc(N)cn2)cc2n[nH]c(=O)n12. The van der Waals surface area contributed by atoms with Gasteiger partial charge in [0.1, 0.15) is 11.6 Å². The topological polar surface area (TPSA) is 119 Å². The highest BCUT2D eigenvalue weighted by Crippen LogP contribution is 2.07. The predicted molar refractivity (Wildman–Crippen MR) is 73.5 cm³/mol. The van der Waals surface area contributed by atoms with E-state index in [9.17, 15) is 4.79 Å². The molecule has 3 aromatic heterocycles. The van der Waals surface area contributed by atoms with Crippen LogP contribution in [-0.4, -0.2) is 35.9 Å². The summed E-state index contributed by atoms with van der Waals surface area (Å²) in [6, 6.07) is 1.71. The normalized spacial score (nSPS) is 11.1. The number of aryl methyl sites for hydroxylation is 1. The molecule has 0 aliphatic heterocycles. The van der Waals surface area contributed by atoms with Crippen LogP contribution in [0.2, 0.25) is 0 Å². The number of nitrogens with zero attached hydrogens (tertiary/aromatic N) is 5. The first-order valence-electron chi connectivity index (χ1n) is 6.10. The highest BCUT2D eigenvalue weighted by molar-refractivity contribution is 5.49. The number of H-pyrrole nitrogens is 1. The van der Waals surface area contributed by atoms with E-state index >= 15 is 0 Å². The van der Waals surface area contributed by atoms with Gasteiger partial charge in [0, 0.05) is 18.8 Å². The average molecular weight is 274 g/mol. The molecule has 0 saturated heterocycles. The van der Waals surface area contributed by atoms with E-state index in [4.69, 9.17) is 5.73 Å². The Hall–Kier alpha value is -2.84. The van der Waals surface area contributed by atoms with Gasteiger partial charge >= 0.3 is 5.69 Å². The molecule has 20 heavy (non-hydrogen) atoms. The van der Waals surface area contributed by atoms with Gasteiger partial charge in [-0.2, -0.15) is 10.2 Å². The van der Waals surface area contributed by atoms with Crippen LogP contribution in [0.15, 0.2) is 23.3 Å². The molecule has 0 aliphatic carbocycles. The van der Waals surface area contributed by atoms with E-state index in [1.807, 2.05) is 0 Å². The first-order valence-corrected chi connectivity index (χ1v) is 6.10. The maximum Gasteiger partial charge on any atom is 0.349 e. The van der Waals surface area contributed by atoms with Crippen LogP contribution in [0.3, 0.4) is 0 Å². The summed E-state index contributed by atoms with van der Waals surface area (Å²) in [7, 11) is 0. The van der Waals surface area contributed by atoms with E-state index in [0.29, 0.717) is 36.1 Å². The zero-order valence-corrected chi connectivity index (χ0v) is 10.9. The first-order chi connectivity index (χ1) is 9.63. The van der Waals surface area contributed by atoms with Crippen molar-refractivity contribution in [3.05, 3.63) is 34.8 Å². The maximum absolute atomic E-state index is 11.5.